The van der Waals surface area contributed by atoms with Crippen LogP contribution in [-0.2, 0) is 16.1 Å². The first-order valence-electron chi connectivity index (χ1n) is 5.86. The van der Waals surface area contributed by atoms with E-state index in [1.165, 1.54) is 0 Å². The molecule has 0 unspecified atom stereocenters. The summed E-state index contributed by atoms with van der Waals surface area (Å²) in [5.74, 6) is -0.0247. The molecule has 0 saturated heterocycles. The Balaban J connectivity index is 2.17. The summed E-state index contributed by atoms with van der Waals surface area (Å²) < 4.78 is 5.35. The van der Waals surface area contributed by atoms with E-state index in [0.29, 0.717) is 6.61 Å². The third-order valence-electron chi connectivity index (χ3n) is 2.16. The lowest BCUT2D eigenvalue weighted by molar-refractivity contribution is -0.125. The maximum Gasteiger partial charge on any atom is 0.245 e. The van der Waals surface area contributed by atoms with E-state index in [1.807, 2.05) is 30.3 Å². The molecule has 0 aliphatic heterocycles. The van der Waals surface area contributed by atoms with Crippen LogP contribution in [0.15, 0.2) is 30.3 Å². The quantitative estimate of drug-likeness (QED) is 0.787. The van der Waals surface area contributed by atoms with Crippen LogP contribution in [-0.4, -0.2) is 26.8 Å². The van der Waals surface area contributed by atoms with Crippen LogP contribution < -0.4 is 5.32 Å². The van der Waals surface area contributed by atoms with Gasteiger partial charge in [0.15, 0.2) is 0 Å². The highest BCUT2D eigenvalue weighted by Crippen LogP contribution is 2.00. The molecular weight excluding hydrogens is 230 g/mol. The lowest BCUT2D eigenvalue weighted by Crippen LogP contribution is -2.41. The third-order valence-corrected chi connectivity index (χ3v) is 3.40. The van der Waals surface area contributed by atoms with Gasteiger partial charge in [-0.3, -0.25) is 4.79 Å². The van der Waals surface area contributed by atoms with Crippen molar-refractivity contribution < 1.29 is 9.53 Å². The lowest BCUT2D eigenvalue weighted by Gasteiger charge is -2.16. The molecule has 0 atom stereocenters. The Morgan fingerprint density at radius 2 is 1.88 bits per heavy atom. The fourth-order valence-electron chi connectivity index (χ4n) is 1.25. The highest BCUT2D eigenvalue weighted by atomic mass is 28.3. The van der Waals surface area contributed by atoms with Gasteiger partial charge < -0.3 is 10.1 Å². The summed E-state index contributed by atoms with van der Waals surface area (Å²) in [6.07, 6.45) is 0.806. The molecule has 3 nitrogen and oxygen atoms in total. The Hall–Kier alpha value is -1.13. The van der Waals surface area contributed by atoms with Crippen molar-refractivity contribution in [3.8, 4) is 0 Å². The zero-order valence-electron chi connectivity index (χ0n) is 10.8. The predicted molar refractivity (Wildman–Crippen MR) is 72.5 cm³/mol. The average Bonchev–Trinajstić information content (AvgIpc) is 2.27. The van der Waals surface area contributed by atoms with Gasteiger partial charge in [0.2, 0.25) is 5.91 Å². The molecule has 0 aromatic heterocycles. The van der Waals surface area contributed by atoms with Crippen molar-refractivity contribution in [2.45, 2.75) is 26.2 Å². The Morgan fingerprint density at radius 3 is 2.47 bits per heavy atom. The highest BCUT2D eigenvalue weighted by molar-refractivity contribution is 6.76. The minimum Gasteiger partial charge on any atom is -0.367 e. The van der Waals surface area contributed by atoms with E-state index in [9.17, 15) is 4.79 Å². The van der Waals surface area contributed by atoms with E-state index in [4.69, 9.17) is 4.74 Å². The molecule has 0 bridgehead atoms. The van der Waals surface area contributed by atoms with Crippen LogP contribution in [0.2, 0.25) is 19.6 Å². The van der Waals surface area contributed by atoms with Gasteiger partial charge in [0, 0.05) is 6.17 Å². The largest absolute Gasteiger partial charge is 0.367 e. The minimum absolute atomic E-state index is 0.0247. The second kappa shape index (κ2) is 6.57. The number of nitrogens with one attached hydrogen (secondary N) is 1. The number of rotatable bonds is 6. The summed E-state index contributed by atoms with van der Waals surface area (Å²) in [6, 6.07) is 9.86. The Bertz CT molecular complexity index is 346. The van der Waals surface area contributed by atoms with E-state index in [-0.39, 0.29) is 12.5 Å². The zero-order valence-corrected chi connectivity index (χ0v) is 11.8. The molecular formula is C13H21NO2Si. The van der Waals surface area contributed by atoms with Crippen molar-refractivity contribution in [3.05, 3.63) is 35.9 Å². The normalized spacial score (nSPS) is 11.2. The second-order valence-electron chi connectivity index (χ2n) is 5.32. The smallest absolute Gasteiger partial charge is 0.245 e. The summed E-state index contributed by atoms with van der Waals surface area (Å²) in [4.78, 5) is 11.5. The van der Waals surface area contributed by atoms with Gasteiger partial charge in [0.1, 0.15) is 6.61 Å². The van der Waals surface area contributed by atoms with Crippen molar-refractivity contribution in [1.29, 1.82) is 0 Å². The second-order valence-corrected chi connectivity index (χ2v) is 10.8. The summed E-state index contributed by atoms with van der Waals surface area (Å²) >= 11 is 0. The topological polar surface area (TPSA) is 38.3 Å². The van der Waals surface area contributed by atoms with E-state index in [2.05, 4.69) is 25.0 Å². The highest BCUT2D eigenvalue weighted by Gasteiger charge is 2.14. The molecule has 1 rings (SSSR count). The summed E-state index contributed by atoms with van der Waals surface area (Å²) in [5.41, 5.74) is 1.09. The zero-order chi connectivity index (χ0) is 12.7. The molecule has 0 aliphatic rings. The fourth-order valence-corrected chi connectivity index (χ4v) is 1.98. The van der Waals surface area contributed by atoms with Gasteiger partial charge in [-0.15, -0.1) is 0 Å². The maximum atomic E-state index is 11.5. The van der Waals surface area contributed by atoms with Crippen LogP contribution in [0, 0.1) is 0 Å². The first kappa shape index (κ1) is 13.9. The van der Waals surface area contributed by atoms with Gasteiger partial charge in [-0.2, -0.15) is 0 Å². The monoisotopic (exact) mass is 251 g/mol. The van der Waals surface area contributed by atoms with E-state index in [1.54, 1.807) is 0 Å². The van der Waals surface area contributed by atoms with Gasteiger partial charge in [0.05, 0.1) is 14.7 Å². The SMILES string of the molecule is C[Si](C)(C)CNC(=O)COCc1ccccc1. The number of amides is 1. The van der Waals surface area contributed by atoms with Gasteiger partial charge in [-0.25, -0.2) is 0 Å². The fraction of sp³-hybridized carbons (Fsp3) is 0.462. The predicted octanol–water partition coefficient (Wildman–Crippen LogP) is 2.20. The summed E-state index contributed by atoms with van der Waals surface area (Å²) in [6.45, 7) is 7.29. The van der Waals surface area contributed by atoms with Crippen LogP contribution >= 0.6 is 0 Å². The lowest BCUT2D eigenvalue weighted by atomic mass is 10.2. The maximum absolute atomic E-state index is 11.5. The van der Waals surface area contributed by atoms with Crippen molar-refractivity contribution >= 4 is 14.0 Å². The molecule has 0 fully saturated rings. The molecule has 0 saturated carbocycles. The molecule has 94 valence electrons. The molecule has 1 aromatic carbocycles. The van der Waals surface area contributed by atoms with Crippen molar-refractivity contribution in [1.82, 2.24) is 5.32 Å². The summed E-state index contributed by atoms with van der Waals surface area (Å²) in [5, 5.41) is 2.91. The molecule has 0 spiro atoms. The van der Waals surface area contributed by atoms with Gasteiger partial charge in [-0.1, -0.05) is 50.0 Å². The Morgan fingerprint density at radius 1 is 1.24 bits per heavy atom. The van der Waals surface area contributed by atoms with Crippen molar-refractivity contribution in [2.24, 2.45) is 0 Å². The van der Waals surface area contributed by atoms with Crippen molar-refractivity contribution in [3.63, 3.8) is 0 Å². The third kappa shape index (κ3) is 6.91. The molecule has 1 aromatic rings. The van der Waals surface area contributed by atoms with E-state index >= 15 is 0 Å². The van der Waals surface area contributed by atoms with Crippen LogP contribution in [0.4, 0.5) is 0 Å². The summed E-state index contributed by atoms with van der Waals surface area (Å²) in [7, 11) is -1.21. The van der Waals surface area contributed by atoms with Crippen LogP contribution in [0.25, 0.3) is 0 Å². The number of carbonyl (C=O) groups excluding carboxylic acids is 1. The van der Waals surface area contributed by atoms with Gasteiger partial charge >= 0.3 is 0 Å². The van der Waals surface area contributed by atoms with Gasteiger partial charge in [0.25, 0.3) is 0 Å². The first-order valence-corrected chi connectivity index (χ1v) is 9.56. The van der Waals surface area contributed by atoms with Crippen LogP contribution in [0.1, 0.15) is 5.56 Å². The van der Waals surface area contributed by atoms with Crippen LogP contribution in [0.5, 0.6) is 0 Å². The number of ether oxygens (including phenoxy) is 1. The molecule has 0 radical (unpaired) electrons. The molecule has 1 amide bonds. The van der Waals surface area contributed by atoms with Gasteiger partial charge in [-0.05, 0) is 5.56 Å². The van der Waals surface area contributed by atoms with Crippen molar-refractivity contribution in [2.75, 3.05) is 12.8 Å². The average molecular weight is 251 g/mol. The number of benzene rings is 1. The minimum atomic E-state index is -1.21. The molecule has 0 heterocycles. The molecule has 17 heavy (non-hydrogen) atoms. The number of hydrogen-bond acceptors (Lipinski definition) is 2. The first-order chi connectivity index (χ1) is 7.97. The van der Waals surface area contributed by atoms with Crippen LogP contribution in [0.3, 0.4) is 0 Å². The van der Waals surface area contributed by atoms with E-state index in [0.717, 1.165) is 11.7 Å². The standard InChI is InChI=1S/C13H21NO2Si/c1-17(2,3)11-14-13(15)10-16-9-12-7-5-4-6-8-12/h4-8H,9-11H2,1-3H3,(H,14,15). The number of hydrogen-bond donors (Lipinski definition) is 1. The molecule has 1 N–H and O–H groups in total. The molecule has 0 aliphatic carbocycles. The Kier molecular flexibility index (Phi) is 5.38. The number of carbonyl (C=O) groups is 1. The molecule has 4 heteroatoms. The Labute approximate surface area is 104 Å². The van der Waals surface area contributed by atoms with E-state index < -0.39 is 8.07 Å².